The van der Waals surface area contributed by atoms with E-state index in [0.717, 1.165) is 18.3 Å². The van der Waals surface area contributed by atoms with E-state index in [-0.39, 0.29) is 29.5 Å². The van der Waals surface area contributed by atoms with Crippen LogP contribution in [0.2, 0.25) is 0 Å². The second-order valence-electron chi connectivity index (χ2n) is 8.15. The standard InChI is InChI=1S/C22H21FN4O4/c1-12-11-31-21-18-14(20(28)15(22(29)30)10-27(12)18)8-16(23)19(21)26-6-3-13(9-26)7-17-24-4-2-5-25-17/h2,4-5,8,10,12-13H,3,6-7,9,11H2,1H3,(H,29,30)/t12-,13+/m0/s1. The van der Waals surface area contributed by atoms with Crippen LogP contribution < -0.4 is 15.1 Å². The zero-order chi connectivity index (χ0) is 21.7. The van der Waals surface area contributed by atoms with Gasteiger partial charge in [-0.1, -0.05) is 0 Å². The highest BCUT2D eigenvalue weighted by Crippen LogP contribution is 2.43. The lowest BCUT2D eigenvalue weighted by molar-refractivity contribution is 0.0694. The van der Waals surface area contributed by atoms with Crippen molar-refractivity contribution < 1.29 is 19.0 Å². The van der Waals surface area contributed by atoms with Crippen LogP contribution in [-0.2, 0) is 6.42 Å². The summed E-state index contributed by atoms with van der Waals surface area (Å²) in [7, 11) is 0. The van der Waals surface area contributed by atoms with E-state index in [0.29, 0.717) is 36.5 Å². The monoisotopic (exact) mass is 424 g/mol. The van der Waals surface area contributed by atoms with Crippen molar-refractivity contribution in [3.63, 3.8) is 0 Å². The molecule has 2 aliphatic heterocycles. The number of pyridine rings is 1. The Bertz CT molecular complexity index is 1240. The summed E-state index contributed by atoms with van der Waals surface area (Å²) in [4.78, 5) is 34.7. The highest BCUT2D eigenvalue weighted by molar-refractivity contribution is 5.97. The van der Waals surface area contributed by atoms with Crippen LogP contribution in [0, 0.1) is 11.7 Å². The highest BCUT2D eigenvalue weighted by atomic mass is 19.1. The lowest BCUT2D eigenvalue weighted by Crippen LogP contribution is -2.29. The molecule has 0 radical (unpaired) electrons. The summed E-state index contributed by atoms with van der Waals surface area (Å²) in [6, 6.07) is 2.73. The zero-order valence-corrected chi connectivity index (χ0v) is 16.9. The van der Waals surface area contributed by atoms with Crippen LogP contribution in [0.25, 0.3) is 10.9 Å². The Balaban J connectivity index is 1.58. The number of nitrogens with zero attached hydrogens (tertiary/aromatic N) is 4. The van der Waals surface area contributed by atoms with Crippen molar-refractivity contribution >= 4 is 22.6 Å². The van der Waals surface area contributed by atoms with Crippen LogP contribution in [0.1, 0.15) is 35.6 Å². The summed E-state index contributed by atoms with van der Waals surface area (Å²) in [6.45, 7) is 3.39. The molecule has 9 heteroatoms. The van der Waals surface area contributed by atoms with E-state index in [9.17, 15) is 14.7 Å². The van der Waals surface area contributed by atoms with Crippen molar-refractivity contribution in [2.45, 2.75) is 25.8 Å². The van der Waals surface area contributed by atoms with Crippen LogP contribution in [0.15, 0.2) is 35.5 Å². The molecule has 5 rings (SSSR count). The Morgan fingerprint density at radius 3 is 2.87 bits per heavy atom. The third-order valence-corrected chi connectivity index (χ3v) is 6.06. The van der Waals surface area contributed by atoms with E-state index < -0.39 is 17.2 Å². The highest BCUT2D eigenvalue weighted by Gasteiger charge is 2.33. The van der Waals surface area contributed by atoms with Gasteiger partial charge in [-0.3, -0.25) is 4.79 Å². The molecule has 3 aromatic rings. The van der Waals surface area contributed by atoms with Gasteiger partial charge >= 0.3 is 5.97 Å². The van der Waals surface area contributed by atoms with Crippen molar-refractivity contribution in [1.29, 1.82) is 0 Å². The molecule has 1 saturated heterocycles. The first kappa shape index (κ1) is 19.5. The Hall–Kier alpha value is -3.49. The third-order valence-electron chi connectivity index (χ3n) is 6.06. The van der Waals surface area contributed by atoms with Crippen molar-refractivity contribution in [2.24, 2.45) is 5.92 Å². The minimum Gasteiger partial charge on any atom is -0.487 e. The van der Waals surface area contributed by atoms with E-state index in [4.69, 9.17) is 4.74 Å². The number of rotatable bonds is 4. The first-order valence-corrected chi connectivity index (χ1v) is 10.2. The van der Waals surface area contributed by atoms with Gasteiger partial charge in [0.1, 0.15) is 23.7 Å². The van der Waals surface area contributed by atoms with Crippen LogP contribution in [-0.4, -0.2) is 45.3 Å². The number of ether oxygens (including phenoxy) is 1. The van der Waals surface area contributed by atoms with Crippen molar-refractivity contribution in [3.05, 3.63) is 58.2 Å². The average molecular weight is 424 g/mol. The molecular weight excluding hydrogens is 403 g/mol. The molecular formula is C22H21FN4O4. The van der Waals surface area contributed by atoms with Gasteiger partial charge in [0.2, 0.25) is 5.43 Å². The van der Waals surface area contributed by atoms with E-state index in [1.54, 1.807) is 23.0 Å². The molecule has 8 nitrogen and oxygen atoms in total. The number of anilines is 1. The van der Waals surface area contributed by atoms with Gasteiger partial charge in [0.15, 0.2) is 11.6 Å². The first-order chi connectivity index (χ1) is 14.9. The number of hydrogen-bond acceptors (Lipinski definition) is 6. The molecule has 0 spiro atoms. The number of aromatic carboxylic acids is 1. The predicted octanol–water partition coefficient (Wildman–Crippen LogP) is 2.65. The summed E-state index contributed by atoms with van der Waals surface area (Å²) in [6.07, 6.45) is 6.32. The molecule has 1 N–H and O–H groups in total. The van der Waals surface area contributed by atoms with Crippen LogP contribution >= 0.6 is 0 Å². The molecule has 1 fully saturated rings. The van der Waals surface area contributed by atoms with E-state index in [1.807, 2.05) is 11.8 Å². The van der Waals surface area contributed by atoms with E-state index >= 15 is 4.39 Å². The van der Waals surface area contributed by atoms with Gasteiger partial charge in [0.05, 0.1) is 16.9 Å². The molecule has 0 unspecified atom stereocenters. The molecule has 160 valence electrons. The lowest BCUT2D eigenvalue weighted by atomic mass is 10.0. The van der Waals surface area contributed by atoms with Crippen LogP contribution in [0.3, 0.4) is 0 Å². The molecule has 4 heterocycles. The van der Waals surface area contributed by atoms with Gasteiger partial charge in [0.25, 0.3) is 0 Å². The maximum atomic E-state index is 15.3. The number of benzene rings is 1. The number of halogens is 1. The molecule has 31 heavy (non-hydrogen) atoms. The van der Waals surface area contributed by atoms with Crippen LogP contribution in [0.4, 0.5) is 10.1 Å². The summed E-state index contributed by atoms with van der Waals surface area (Å²) in [5, 5.41) is 9.43. The zero-order valence-electron chi connectivity index (χ0n) is 16.9. The van der Waals surface area contributed by atoms with Gasteiger partial charge in [-0.15, -0.1) is 0 Å². The van der Waals surface area contributed by atoms with Gasteiger partial charge in [0, 0.05) is 38.1 Å². The maximum Gasteiger partial charge on any atom is 0.341 e. The Morgan fingerprint density at radius 2 is 2.13 bits per heavy atom. The Kier molecular flexibility index (Phi) is 4.60. The molecule has 2 aromatic heterocycles. The molecule has 2 aliphatic rings. The number of hydrogen-bond donors (Lipinski definition) is 1. The number of carboxylic acids is 1. The Labute approximate surface area is 176 Å². The van der Waals surface area contributed by atoms with E-state index in [2.05, 4.69) is 9.97 Å². The van der Waals surface area contributed by atoms with Crippen molar-refractivity contribution in [1.82, 2.24) is 14.5 Å². The molecule has 0 saturated carbocycles. The second kappa shape index (κ2) is 7.33. The summed E-state index contributed by atoms with van der Waals surface area (Å²) < 4.78 is 22.9. The minimum atomic E-state index is -1.33. The third kappa shape index (κ3) is 3.20. The number of carbonyl (C=O) groups is 1. The quantitative estimate of drug-likeness (QED) is 0.688. The average Bonchev–Trinajstić information content (AvgIpc) is 3.20. The maximum absolute atomic E-state index is 15.3. The fourth-order valence-electron chi connectivity index (χ4n) is 4.55. The van der Waals surface area contributed by atoms with Gasteiger partial charge < -0.3 is 19.3 Å². The molecule has 0 aliphatic carbocycles. The summed E-state index contributed by atoms with van der Waals surface area (Å²) in [5.41, 5.74) is -0.306. The lowest BCUT2D eigenvalue weighted by Gasteiger charge is -2.31. The molecule has 0 amide bonds. The fraction of sp³-hybridized carbons (Fsp3) is 0.364. The van der Waals surface area contributed by atoms with Gasteiger partial charge in [-0.2, -0.15) is 0 Å². The fourth-order valence-corrected chi connectivity index (χ4v) is 4.55. The number of carboxylic acid groups (broad SMARTS) is 1. The minimum absolute atomic E-state index is 0.0242. The van der Waals surface area contributed by atoms with E-state index in [1.165, 1.54) is 6.20 Å². The van der Waals surface area contributed by atoms with Crippen molar-refractivity contribution in [2.75, 3.05) is 24.6 Å². The molecule has 2 atom stereocenters. The normalized spacial score (nSPS) is 20.1. The first-order valence-electron chi connectivity index (χ1n) is 10.2. The Morgan fingerprint density at radius 1 is 1.35 bits per heavy atom. The smallest absolute Gasteiger partial charge is 0.341 e. The van der Waals surface area contributed by atoms with Crippen molar-refractivity contribution in [3.8, 4) is 5.75 Å². The molecule has 0 bridgehead atoms. The van der Waals surface area contributed by atoms with Gasteiger partial charge in [-0.25, -0.2) is 19.2 Å². The number of aromatic nitrogens is 3. The molecule has 1 aromatic carbocycles. The summed E-state index contributed by atoms with van der Waals surface area (Å²) >= 11 is 0. The predicted molar refractivity (Wildman–Crippen MR) is 111 cm³/mol. The van der Waals surface area contributed by atoms with Gasteiger partial charge in [-0.05, 0) is 31.4 Å². The SMILES string of the molecule is C[C@H]1COc2c(N3CC[C@H](Cc4ncccn4)C3)c(F)cc3c(=O)c(C(=O)O)cn1c23. The second-order valence-corrected chi connectivity index (χ2v) is 8.15. The topological polar surface area (TPSA) is 97.6 Å². The van der Waals surface area contributed by atoms with Crippen LogP contribution in [0.5, 0.6) is 5.75 Å². The summed E-state index contributed by atoms with van der Waals surface area (Å²) in [5.74, 6) is -0.580. The largest absolute Gasteiger partial charge is 0.487 e.